The molecule has 1 N–H and O–H groups in total. The molecule has 0 radical (unpaired) electrons. The van der Waals surface area contributed by atoms with Crippen molar-refractivity contribution in [3.63, 3.8) is 0 Å². The number of imidazole rings is 1. The fourth-order valence-electron chi connectivity index (χ4n) is 4.32. The number of aromatic amines is 1. The molecule has 3 unspecified atom stereocenters. The lowest BCUT2D eigenvalue weighted by molar-refractivity contribution is 0.330. The summed E-state index contributed by atoms with van der Waals surface area (Å²) in [7, 11) is 2.04. The van der Waals surface area contributed by atoms with Gasteiger partial charge in [-0.3, -0.25) is 9.25 Å². The van der Waals surface area contributed by atoms with E-state index in [1.165, 1.54) is 31.3 Å². The van der Waals surface area contributed by atoms with Crippen LogP contribution < -0.4 is 0 Å². The third-order valence-corrected chi connectivity index (χ3v) is 5.43. The van der Waals surface area contributed by atoms with Crippen molar-refractivity contribution in [2.45, 2.75) is 45.1 Å². The van der Waals surface area contributed by atoms with Crippen LogP contribution in [0.2, 0.25) is 0 Å². The van der Waals surface area contributed by atoms with Gasteiger partial charge in [0.05, 0.1) is 5.69 Å². The lowest BCUT2D eigenvalue weighted by Crippen LogP contribution is -2.17. The second-order valence-corrected chi connectivity index (χ2v) is 6.55. The molecule has 0 aromatic carbocycles. The Morgan fingerprint density at radius 2 is 2.21 bits per heavy atom. The van der Waals surface area contributed by atoms with Gasteiger partial charge in [-0.2, -0.15) is 5.10 Å². The van der Waals surface area contributed by atoms with E-state index in [9.17, 15) is 0 Å². The topological polar surface area (TPSA) is 38.5 Å². The second kappa shape index (κ2) is 3.95. The summed E-state index contributed by atoms with van der Waals surface area (Å²) in [6.45, 7) is 2.15. The van der Waals surface area contributed by atoms with Gasteiger partial charge in [0, 0.05) is 13.1 Å². The molecule has 2 heterocycles. The molecule has 4 rings (SSSR count). The molecular weight excluding hydrogens is 256 g/mol. The summed E-state index contributed by atoms with van der Waals surface area (Å²) in [5.74, 6) is 1.76. The van der Waals surface area contributed by atoms with Crippen LogP contribution >= 0.6 is 12.2 Å². The van der Waals surface area contributed by atoms with Crippen LogP contribution in [-0.2, 0) is 13.5 Å². The minimum atomic E-state index is 0.597. The van der Waals surface area contributed by atoms with Crippen molar-refractivity contribution in [3.8, 4) is 0 Å². The lowest BCUT2D eigenvalue weighted by atomic mass is 9.95. The first-order chi connectivity index (χ1) is 9.19. The van der Waals surface area contributed by atoms with Crippen molar-refractivity contribution in [3.05, 3.63) is 10.5 Å². The van der Waals surface area contributed by atoms with Crippen molar-refractivity contribution in [2.75, 3.05) is 0 Å². The van der Waals surface area contributed by atoms with E-state index >= 15 is 0 Å². The SMILES string of the molecule is CCc1nn(C)c2c1[nH]c(=S)n2C1CC2CCC1C2. The molecule has 102 valence electrons. The number of H-pyrrole nitrogens is 1. The zero-order valence-electron chi connectivity index (χ0n) is 11.5. The molecule has 2 aliphatic rings. The number of nitrogens with one attached hydrogen (secondary N) is 1. The first kappa shape index (κ1) is 11.7. The van der Waals surface area contributed by atoms with Crippen LogP contribution in [0.4, 0.5) is 0 Å². The first-order valence-electron chi connectivity index (χ1n) is 7.35. The summed E-state index contributed by atoms with van der Waals surface area (Å²) in [5.41, 5.74) is 3.47. The molecule has 4 nitrogen and oxygen atoms in total. The Labute approximate surface area is 117 Å². The van der Waals surface area contributed by atoms with Gasteiger partial charge in [-0.25, -0.2) is 0 Å². The lowest BCUT2D eigenvalue weighted by Gasteiger charge is -2.23. The fourth-order valence-corrected chi connectivity index (χ4v) is 4.64. The maximum Gasteiger partial charge on any atom is 0.179 e. The van der Waals surface area contributed by atoms with Crippen LogP contribution in [-0.4, -0.2) is 19.3 Å². The standard InChI is InChI=1S/C14H20N4S/c1-3-10-12-13(17(2)16-10)18(14(19)15-12)11-7-8-4-5-9(11)6-8/h8-9,11H,3-7H2,1-2H3,(H,15,19). The molecule has 2 saturated carbocycles. The Kier molecular flexibility index (Phi) is 2.43. The number of fused-ring (bicyclic) bond motifs is 3. The maximum absolute atomic E-state index is 5.59. The second-order valence-electron chi connectivity index (χ2n) is 6.16. The van der Waals surface area contributed by atoms with Crippen molar-refractivity contribution in [1.82, 2.24) is 19.3 Å². The van der Waals surface area contributed by atoms with E-state index in [4.69, 9.17) is 12.2 Å². The van der Waals surface area contributed by atoms with Gasteiger partial charge in [0.1, 0.15) is 5.52 Å². The minimum absolute atomic E-state index is 0.597. The summed E-state index contributed by atoms with van der Waals surface area (Å²) in [4.78, 5) is 3.40. The molecule has 2 bridgehead atoms. The minimum Gasteiger partial charge on any atom is -0.328 e. The van der Waals surface area contributed by atoms with Gasteiger partial charge in [-0.15, -0.1) is 0 Å². The predicted molar refractivity (Wildman–Crippen MR) is 77.8 cm³/mol. The Hall–Kier alpha value is -1.10. The van der Waals surface area contributed by atoms with Crippen LogP contribution in [0, 0.1) is 16.6 Å². The van der Waals surface area contributed by atoms with E-state index in [1.807, 2.05) is 11.7 Å². The molecule has 2 aromatic heterocycles. The summed E-state index contributed by atoms with van der Waals surface area (Å²) >= 11 is 5.59. The van der Waals surface area contributed by atoms with Gasteiger partial charge in [0.2, 0.25) is 0 Å². The van der Waals surface area contributed by atoms with Gasteiger partial charge >= 0.3 is 0 Å². The zero-order chi connectivity index (χ0) is 13.1. The number of hydrogen-bond donors (Lipinski definition) is 1. The molecule has 5 heteroatoms. The third kappa shape index (κ3) is 1.51. The summed E-state index contributed by atoms with van der Waals surface area (Å²) < 4.78 is 5.25. The predicted octanol–water partition coefficient (Wildman–Crippen LogP) is 3.36. The van der Waals surface area contributed by atoms with Crippen molar-refractivity contribution < 1.29 is 0 Å². The molecule has 0 saturated heterocycles. The van der Waals surface area contributed by atoms with Crippen LogP contribution in [0.5, 0.6) is 0 Å². The fraction of sp³-hybridized carbons (Fsp3) is 0.714. The highest BCUT2D eigenvalue weighted by atomic mass is 32.1. The summed E-state index contributed by atoms with van der Waals surface area (Å²) in [6.07, 6.45) is 6.45. The quantitative estimate of drug-likeness (QED) is 0.854. The Bertz CT molecular complexity index is 692. The Morgan fingerprint density at radius 1 is 1.37 bits per heavy atom. The van der Waals surface area contributed by atoms with Crippen LogP contribution in [0.3, 0.4) is 0 Å². The Morgan fingerprint density at radius 3 is 2.84 bits per heavy atom. The average Bonchev–Trinajstić information content (AvgIpc) is 3.11. The largest absolute Gasteiger partial charge is 0.328 e. The number of nitrogens with zero attached hydrogens (tertiary/aromatic N) is 3. The summed E-state index contributed by atoms with van der Waals surface area (Å²) in [5, 5.41) is 4.62. The van der Waals surface area contributed by atoms with Gasteiger partial charge in [-0.1, -0.05) is 13.3 Å². The smallest absolute Gasteiger partial charge is 0.179 e. The van der Waals surface area contributed by atoms with E-state index in [1.54, 1.807) is 0 Å². The molecule has 3 atom stereocenters. The monoisotopic (exact) mass is 276 g/mol. The molecule has 19 heavy (non-hydrogen) atoms. The molecule has 2 aliphatic carbocycles. The molecule has 2 fully saturated rings. The van der Waals surface area contributed by atoms with Gasteiger partial charge < -0.3 is 4.98 Å². The third-order valence-electron chi connectivity index (χ3n) is 5.14. The first-order valence-corrected chi connectivity index (χ1v) is 7.76. The average molecular weight is 276 g/mol. The van der Waals surface area contributed by atoms with Crippen molar-refractivity contribution in [1.29, 1.82) is 0 Å². The highest BCUT2D eigenvalue weighted by Crippen LogP contribution is 2.51. The van der Waals surface area contributed by atoms with E-state index in [-0.39, 0.29) is 0 Å². The van der Waals surface area contributed by atoms with Gasteiger partial charge in [-0.05, 0) is 49.7 Å². The molecule has 0 aliphatic heterocycles. The van der Waals surface area contributed by atoms with E-state index < -0.39 is 0 Å². The molecule has 0 spiro atoms. The van der Waals surface area contributed by atoms with Crippen LogP contribution in [0.25, 0.3) is 11.2 Å². The number of rotatable bonds is 2. The zero-order valence-corrected chi connectivity index (χ0v) is 12.3. The normalized spacial score (nSPS) is 29.7. The molecule has 0 amide bonds. The number of aryl methyl sites for hydroxylation is 2. The van der Waals surface area contributed by atoms with Crippen molar-refractivity contribution >= 4 is 23.4 Å². The highest BCUT2D eigenvalue weighted by Gasteiger charge is 2.41. The number of aromatic nitrogens is 4. The van der Waals surface area contributed by atoms with Gasteiger partial charge in [0.25, 0.3) is 0 Å². The summed E-state index contributed by atoms with van der Waals surface area (Å²) in [6, 6.07) is 0.597. The van der Waals surface area contributed by atoms with E-state index in [0.717, 1.165) is 34.2 Å². The van der Waals surface area contributed by atoms with Gasteiger partial charge in [0.15, 0.2) is 10.4 Å². The molecular formula is C14H20N4S. The molecule has 2 aromatic rings. The highest BCUT2D eigenvalue weighted by molar-refractivity contribution is 7.71. The Balaban J connectivity index is 1.92. The van der Waals surface area contributed by atoms with Crippen LogP contribution in [0.1, 0.15) is 44.3 Å². The van der Waals surface area contributed by atoms with Crippen LogP contribution in [0.15, 0.2) is 0 Å². The maximum atomic E-state index is 5.59. The van der Waals surface area contributed by atoms with E-state index in [0.29, 0.717) is 6.04 Å². The van der Waals surface area contributed by atoms with E-state index in [2.05, 4.69) is 21.6 Å². The number of hydrogen-bond acceptors (Lipinski definition) is 2. The van der Waals surface area contributed by atoms with Crippen molar-refractivity contribution in [2.24, 2.45) is 18.9 Å².